The third-order valence-corrected chi connectivity index (χ3v) is 7.78. The molecule has 0 saturated carbocycles. The highest BCUT2D eigenvalue weighted by molar-refractivity contribution is 7.07. The first-order chi connectivity index (χ1) is 15.2. The molecule has 1 aromatic heterocycles. The summed E-state index contributed by atoms with van der Waals surface area (Å²) in [6.07, 6.45) is 0.990. The van der Waals surface area contributed by atoms with Crippen LogP contribution in [0.15, 0.2) is 41.2 Å². The zero-order valence-electron chi connectivity index (χ0n) is 18.9. The van der Waals surface area contributed by atoms with Crippen molar-refractivity contribution in [1.29, 1.82) is 0 Å². The van der Waals surface area contributed by atoms with Crippen LogP contribution in [0.4, 0.5) is 0 Å². The van der Waals surface area contributed by atoms with Crippen LogP contribution in [-0.2, 0) is 4.74 Å². The Balaban J connectivity index is 1.63. The molecule has 0 aliphatic carbocycles. The third-order valence-electron chi connectivity index (χ3n) is 7.20. The van der Waals surface area contributed by atoms with Gasteiger partial charge in [-0.3, -0.25) is 4.79 Å². The number of amides is 1. The van der Waals surface area contributed by atoms with Crippen LogP contribution < -0.4 is 5.32 Å². The molecule has 2 aliphatic heterocycles. The fourth-order valence-corrected chi connectivity index (χ4v) is 6.01. The molecular weight excluding hydrogens is 426 g/mol. The van der Waals surface area contributed by atoms with Crippen molar-refractivity contribution < 1.29 is 19.7 Å². The predicted molar refractivity (Wildman–Crippen MR) is 124 cm³/mol. The van der Waals surface area contributed by atoms with Gasteiger partial charge in [0.25, 0.3) is 5.91 Å². The van der Waals surface area contributed by atoms with Crippen LogP contribution in [0.5, 0.6) is 0 Å². The zero-order chi connectivity index (χ0) is 22.9. The second kappa shape index (κ2) is 9.19. The Labute approximate surface area is 193 Å². The molecule has 7 nitrogen and oxygen atoms in total. The van der Waals surface area contributed by atoms with Crippen LogP contribution >= 0.6 is 11.3 Å². The molecule has 2 fully saturated rings. The average molecular weight is 460 g/mol. The molecule has 2 bridgehead atoms. The van der Waals surface area contributed by atoms with E-state index in [1.54, 1.807) is 10.9 Å². The average Bonchev–Trinajstić information content (AvgIpc) is 3.30. The van der Waals surface area contributed by atoms with Crippen molar-refractivity contribution in [3.05, 3.63) is 52.5 Å². The maximum absolute atomic E-state index is 12.4. The summed E-state index contributed by atoms with van der Waals surface area (Å²) < 4.78 is 6.66. The van der Waals surface area contributed by atoms with Gasteiger partial charge in [0, 0.05) is 18.0 Å². The summed E-state index contributed by atoms with van der Waals surface area (Å²) in [7, 11) is 3.94. The number of benzene rings is 1. The van der Waals surface area contributed by atoms with E-state index >= 15 is 0 Å². The second-order valence-electron chi connectivity index (χ2n) is 9.61. The first kappa shape index (κ1) is 23.3. The first-order valence-electron chi connectivity index (χ1n) is 11.2. The second-order valence-corrected chi connectivity index (χ2v) is 10.3. The molecule has 2 saturated heterocycles. The first-order valence-corrected chi connectivity index (χ1v) is 12.1. The van der Waals surface area contributed by atoms with Gasteiger partial charge in [0.1, 0.15) is 11.8 Å². The topological polar surface area (TPSA) is 94.9 Å². The van der Waals surface area contributed by atoms with Gasteiger partial charge in [0.2, 0.25) is 0 Å². The standard InChI is InChI=1S/C24H33N3O4S/c1-23-11-17(16-7-5-4-6-8-16)12-24(31-23,10-9-19(21(23)29)27(2)3)20(28)13-25-22(30)18-14-32-15-26-18/h4-8,14-15,17,19-21,28-29H,9-13H2,1-3H3,(H,25,30)/t17-,19-,20-,21+,23+,24+/m1/s1. The predicted octanol–water partition coefficient (Wildman–Crippen LogP) is 2.41. The summed E-state index contributed by atoms with van der Waals surface area (Å²) >= 11 is 1.36. The minimum atomic E-state index is -0.913. The van der Waals surface area contributed by atoms with Crippen molar-refractivity contribution >= 4 is 17.2 Å². The van der Waals surface area contributed by atoms with E-state index in [4.69, 9.17) is 4.74 Å². The fraction of sp³-hybridized carbons (Fsp3) is 0.583. The molecule has 0 radical (unpaired) electrons. The van der Waals surface area contributed by atoms with Crippen LogP contribution in [0.25, 0.3) is 0 Å². The van der Waals surface area contributed by atoms with Crippen molar-refractivity contribution in [2.24, 2.45) is 0 Å². The van der Waals surface area contributed by atoms with Crippen molar-refractivity contribution in [2.45, 2.75) is 68.0 Å². The van der Waals surface area contributed by atoms with Gasteiger partial charge in [-0.1, -0.05) is 30.3 Å². The highest BCUT2D eigenvalue weighted by atomic mass is 32.1. The summed E-state index contributed by atoms with van der Waals surface area (Å²) in [5.41, 5.74) is 1.46. The number of hydrogen-bond donors (Lipinski definition) is 3. The molecule has 6 atom stereocenters. The number of ether oxygens (including phenoxy) is 1. The van der Waals surface area contributed by atoms with Gasteiger partial charge in [0.05, 0.1) is 22.8 Å². The molecule has 32 heavy (non-hydrogen) atoms. The number of aliphatic hydroxyl groups excluding tert-OH is 2. The Hall–Kier alpha value is -1.84. The van der Waals surface area contributed by atoms with E-state index in [1.807, 2.05) is 44.1 Å². The molecule has 174 valence electrons. The molecule has 1 amide bonds. The monoisotopic (exact) mass is 459 g/mol. The molecule has 0 unspecified atom stereocenters. The number of aliphatic hydroxyl groups is 2. The van der Waals surface area contributed by atoms with Crippen LogP contribution in [0.3, 0.4) is 0 Å². The van der Waals surface area contributed by atoms with Gasteiger partial charge in [0.15, 0.2) is 0 Å². The number of fused-ring (bicyclic) bond motifs is 2. The van der Waals surface area contributed by atoms with Crippen molar-refractivity contribution in [3.8, 4) is 0 Å². The Morgan fingerprint density at radius 1 is 1.34 bits per heavy atom. The van der Waals surface area contributed by atoms with Crippen molar-refractivity contribution in [3.63, 3.8) is 0 Å². The zero-order valence-corrected chi connectivity index (χ0v) is 19.7. The van der Waals surface area contributed by atoms with E-state index < -0.39 is 23.4 Å². The van der Waals surface area contributed by atoms with Crippen LogP contribution in [0.1, 0.15) is 54.6 Å². The molecule has 3 N–H and O–H groups in total. The largest absolute Gasteiger partial charge is 0.388 e. The molecule has 8 heteroatoms. The van der Waals surface area contributed by atoms with E-state index in [0.717, 1.165) is 0 Å². The highest BCUT2D eigenvalue weighted by Gasteiger charge is 2.57. The SMILES string of the molecule is CN(C)[C@@H]1CC[C@@]2([C@H](O)CNC(=O)c3cscn3)C[C@H](c3ccccc3)C[C@](C)(O2)[C@H]1O. The Morgan fingerprint density at radius 3 is 2.75 bits per heavy atom. The van der Waals surface area contributed by atoms with E-state index in [2.05, 4.69) is 22.4 Å². The number of hydrogen-bond acceptors (Lipinski definition) is 7. The molecule has 1 aromatic carbocycles. The van der Waals surface area contributed by atoms with Gasteiger partial charge in [-0.2, -0.15) is 0 Å². The summed E-state index contributed by atoms with van der Waals surface area (Å²) in [5, 5.41) is 27.3. The molecular formula is C24H33N3O4S. The fourth-order valence-electron chi connectivity index (χ4n) is 5.48. The van der Waals surface area contributed by atoms with Gasteiger partial charge in [-0.05, 0) is 58.2 Å². The van der Waals surface area contributed by atoms with Crippen LogP contribution in [0.2, 0.25) is 0 Å². The summed E-state index contributed by atoms with van der Waals surface area (Å²) in [6, 6.07) is 10.2. The maximum atomic E-state index is 12.4. The molecule has 3 heterocycles. The molecule has 2 aromatic rings. The Kier molecular flexibility index (Phi) is 6.70. The number of rotatable bonds is 6. The lowest BCUT2D eigenvalue weighted by molar-refractivity contribution is -0.250. The van der Waals surface area contributed by atoms with E-state index in [-0.39, 0.29) is 24.4 Å². The molecule has 2 aliphatic rings. The molecule has 4 rings (SSSR count). The van der Waals surface area contributed by atoms with Gasteiger partial charge >= 0.3 is 0 Å². The summed E-state index contributed by atoms with van der Waals surface area (Å²) in [6.45, 7) is 2.03. The lowest BCUT2D eigenvalue weighted by atomic mass is 9.72. The summed E-state index contributed by atoms with van der Waals surface area (Å²) in [4.78, 5) is 18.5. The summed E-state index contributed by atoms with van der Waals surface area (Å²) in [5.74, 6) is -0.172. The number of likely N-dealkylation sites (N-methyl/N-ethyl adjacent to an activating group) is 1. The number of carbonyl (C=O) groups is 1. The Bertz CT molecular complexity index is 909. The van der Waals surface area contributed by atoms with E-state index in [9.17, 15) is 15.0 Å². The quantitative estimate of drug-likeness (QED) is 0.614. The number of nitrogens with zero attached hydrogens (tertiary/aromatic N) is 2. The van der Waals surface area contributed by atoms with Gasteiger partial charge < -0.3 is 25.2 Å². The number of thiazole rings is 1. The number of nitrogens with one attached hydrogen (secondary N) is 1. The minimum Gasteiger partial charge on any atom is -0.388 e. The maximum Gasteiger partial charge on any atom is 0.270 e. The van der Waals surface area contributed by atoms with Crippen molar-refractivity contribution in [1.82, 2.24) is 15.2 Å². The third kappa shape index (κ3) is 4.47. The lowest BCUT2D eigenvalue weighted by Crippen LogP contribution is -2.61. The Morgan fingerprint density at radius 2 is 2.09 bits per heavy atom. The van der Waals surface area contributed by atoms with Crippen LogP contribution in [-0.4, -0.2) is 76.1 Å². The van der Waals surface area contributed by atoms with Crippen LogP contribution in [0, 0.1) is 0 Å². The molecule has 0 spiro atoms. The normalized spacial score (nSPS) is 33.5. The van der Waals surface area contributed by atoms with Crippen molar-refractivity contribution in [2.75, 3.05) is 20.6 Å². The van der Waals surface area contributed by atoms with Gasteiger partial charge in [-0.25, -0.2) is 4.98 Å². The number of aromatic nitrogens is 1. The van der Waals surface area contributed by atoms with E-state index in [0.29, 0.717) is 31.4 Å². The van der Waals surface area contributed by atoms with Gasteiger partial charge in [-0.15, -0.1) is 11.3 Å². The minimum absolute atomic E-state index is 0.0661. The lowest BCUT2D eigenvalue weighted by Gasteiger charge is -2.52. The van der Waals surface area contributed by atoms with E-state index in [1.165, 1.54) is 16.9 Å². The smallest absolute Gasteiger partial charge is 0.270 e. The number of carbonyl (C=O) groups excluding carboxylic acids is 1. The highest BCUT2D eigenvalue weighted by Crippen LogP contribution is 2.51.